The van der Waals surface area contributed by atoms with Gasteiger partial charge in [-0.15, -0.1) is 0 Å². The van der Waals surface area contributed by atoms with E-state index in [-0.39, 0.29) is 13.2 Å². The minimum atomic E-state index is -0.991. The van der Waals surface area contributed by atoms with Gasteiger partial charge in [0, 0.05) is 7.05 Å². The molecule has 110 valence electrons. The largest absolute Gasteiger partial charge is 0.481 e. The van der Waals surface area contributed by atoms with Gasteiger partial charge in [0.25, 0.3) is 0 Å². The Morgan fingerprint density at radius 2 is 2.14 bits per heavy atom. The highest BCUT2D eigenvalue weighted by Gasteiger charge is 2.38. The molecule has 0 aromatic heterocycles. The Labute approximate surface area is 121 Å². The van der Waals surface area contributed by atoms with Crippen molar-refractivity contribution in [2.75, 3.05) is 25.6 Å². The minimum Gasteiger partial charge on any atom is -0.481 e. The lowest BCUT2D eigenvalue weighted by molar-refractivity contribution is -0.142. The zero-order valence-corrected chi connectivity index (χ0v) is 11.4. The topological polar surface area (TPSA) is 103 Å². The molecule has 1 aromatic rings. The highest BCUT2D eigenvalue weighted by Crippen LogP contribution is 2.21. The lowest BCUT2D eigenvalue weighted by atomic mass is 10.0. The van der Waals surface area contributed by atoms with Crippen LogP contribution in [0.5, 0.6) is 0 Å². The summed E-state index contributed by atoms with van der Waals surface area (Å²) in [5.41, 5.74) is 0.736. The molecule has 1 saturated heterocycles. The average Bonchev–Trinajstić information content (AvgIpc) is 2.96. The van der Waals surface area contributed by atoms with Crippen LogP contribution in [-0.4, -0.2) is 48.3 Å². The number of nitriles is 1. The predicted octanol–water partition coefficient (Wildman–Crippen LogP) is 1.12. The third-order valence-corrected chi connectivity index (χ3v) is 3.47. The Morgan fingerprint density at radius 1 is 1.43 bits per heavy atom. The van der Waals surface area contributed by atoms with Crippen LogP contribution >= 0.6 is 0 Å². The van der Waals surface area contributed by atoms with E-state index in [1.165, 1.54) is 11.9 Å². The van der Waals surface area contributed by atoms with Gasteiger partial charge in [0.1, 0.15) is 12.0 Å². The van der Waals surface area contributed by atoms with Gasteiger partial charge in [-0.05, 0) is 12.1 Å². The first-order valence-corrected chi connectivity index (χ1v) is 6.38. The number of carbonyl (C=O) groups excluding carboxylic acids is 1. The fraction of sp³-hybridized carbons (Fsp3) is 0.357. The Bertz CT molecular complexity index is 596. The van der Waals surface area contributed by atoms with Crippen LogP contribution in [0.2, 0.25) is 0 Å². The summed E-state index contributed by atoms with van der Waals surface area (Å²) in [6.45, 7) is 0.271. The van der Waals surface area contributed by atoms with E-state index in [0.717, 1.165) is 0 Å². The van der Waals surface area contributed by atoms with Crippen molar-refractivity contribution in [2.45, 2.75) is 6.04 Å². The number of carboxylic acids is 1. The first-order chi connectivity index (χ1) is 10.0. The average molecular weight is 289 g/mol. The summed E-state index contributed by atoms with van der Waals surface area (Å²) in [7, 11) is 1.51. The van der Waals surface area contributed by atoms with Crippen LogP contribution in [0.1, 0.15) is 5.56 Å². The Morgan fingerprint density at radius 3 is 2.81 bits per heavy atom. The van der Waals surface area contributed by atoms with Crippen LogP contribution < -0.4 is 5.32 Å². The molecule has 0 saturated carbocycles. The quantitative estimate of drug-likeness (QED) is 0.868. The van der Waals surface area contributed by atoms with Crippen LogP contribution in [0.25, 0.3) is 0 Å². The van der Waals surface area contributed by atoms with Crippen LogP contribution in [0.15, 0.2) is 24.3 Å². The van der Waals surface area contributed by atoms with E-state index in [0.29, 0.717) is 11.3 Å². The number of likely N-dealkylation sites (N-methyl/N-ethyl adjacent to an activating group) is 1. The van der Waals surface area contributed by atoms with Crippen LogP contribution in [0, 0.1) is 17.2 Å². The highest BCUT2D eigenvalue weighted by molar-refractivity contribution is 5.91. The molecule has 0 radical (unpaired) electrons. The lowest BCUT2D eigenvalue weighted by Gasteiger charge is -2.26. The van der Waals surface area contributed by atoms with Gasteiger partial charge in [0.15, 0.2) is 0 Å². The first kappa shape index (κ1) is 14.8. The SMILES string of the molecule is CN(C(=O)Nc1ccccc1C#N)C1COCC1C(=O)O. The number of nitrogens with zero attached hydrogens (tertiary/aromatic N) is 2. The summed E-state index contributed by atoms with van der Waals surface area (Å²) in [6, 6.07) is 7.59. The number of hydrogen-bond donors (Lipinski definition) is 2. The molecule has 7 heteroatoms. The number of para-hydroxylation sites is 1. The smallest absolute Gasteiger partial charge is 0.321 e. The van der Waals surface area contributed by atoms with Gasteiger partial charge in [0.05, 0.1) is 30.5 Å². The molecule has 1 aliphatic heterocycles. The number of nitrogens with one attached hydrogen (secondary N) is 1. The number of aliphatic carboxylic acids is 1. The number of carboxylic acid groups (broad SMARTS) is 1. The molecule has 2 unspecified atom stereocenters. The van der Waals surface area contributed by atoms with Crippen molar-refractivity contribution in [1.82, 2.24) is 4.90 Å². The maximum Gasteiger partial charge on any atom is 0.321 e. The molecule has 21 heavy (non-hydrogen) atoms. The maximum absolute atomic E-state index is 12.2. The molecular weight excluding hydrogens is 274 g/mol. The van der Waals surface area contributed by atoms with Crippen molar-refractivity contribution in [3.63, 3.8) is 0 Å². The molecule has 2 rings (SSSR count). The number of carbonyl (C=O) groups is 2. The van der Waals surface area contributed by atoms with E-state index < -0.39 is 24.0 Å². The van der Waals surface area contributed by atoms with Crippen LogP contribution in [0.4, 0.5) is 10.5 Å². The molecule has 2 amide bonds. The first-order valence-electron chi connectivity index (χ1n) is 6.38. The van der Waals surface area contributed by atoms with Crippen LogP contribution in [-0.2, 0) is 9.53 Å². The van der Waals surface area contributed by atoms with E-state index in [4.69, 9.17) is 15.1 Å². The molecule has 7 nitrogen and oxygen atoms in total. The standard InChI is InChI=1S/C14H15N3O4/c1-17(12-8-21-7-10(12)13(18)19)14(20)16-11-5-3-2-4-9(11)6-15/h2-5,10,12H,7-8H2,1H3,(H,16,20)(H,18,19). The van der Waals surface area contributed by atoms with Gasteiger partial charge >= 0.3 is 12.0 Å². The summed E-state index contributed by atoms with van der Waals surface area (Å²) in [4.78, 5) is 24.6. The summed E-state index contributed by atoms with van der Waals surface area (Å²) in [6.07, 6.45) is 0. The van der Waals surface area contributed by atoms with Crippen molar-refractivity contribution in [1.29, 1.82) is 5.26 Å². The second-order valence-corrected chi connectivity index (χ2v) is 4.75. The Balaban J connectivity index is 2.10. The normalized spacial score (nSPS) is 20.6. The van der Waals surface area contributed by atoms with Crippen molar-refractivity contribution in [2.24, 2.45) is 5.92 Å². The van der Waals surface area contributed by atoms with Gasteiger partial charge in [-0.1, -0.05) is 12.1 Å². The van der Waals surface area contributed by atoms with E-state index in [1.807, 2.05) is 6.07 Å². The van der Waals surface area contributed by atoms with Crippen molar-refractivity contribution >= 4 is 17.7 Å². The number of hydrogen-bond acceptors (Lipinski definition) is 4. The zero-order valence-electron chi connectivity index (χ0n) is 11.4. The molecule has 1 aliphatic rings. The fourth-order valence-corrected chi connectivity index (χ4v) is 2.20. The number of benzene rings is 1. The summed E-state index contributed by atoms with van der Waals surface area (Å²) in [5.74, 6) is -1.73. The molecule has 0 spiro atoms. The van der Waals surface area contributed by atoms with Crippen LogP contribution in [0.3, 0.4) is 0 Å². The highest BCUT2D eigenvalue weighted by atomic mass is 16.5. The monoisotopic (exact) mass is 289 g/mol. The zero-order chi connectivity index (χ0) is 15.4. The second-order valence-electron chi connectivity index (χ2n) is 4.75. The molecule has 0 aliphatic carbocycles. The number of ether oxygens (including phenoxy) is 1. The summed E-state index contributed by atoms with van der Waals surface area (Å²) in [5, 5.41) is 20.7. The van der Waals surface area contributed by atoms with Gasteiger partial charge < -0.3 is 20.1 Å². The number of rotatable bonds is 3. The fourth-order valence-electron chi connectivity index (χ4n) is 2.20. The second kappa shape index (κ2) is 6.24. The third-order valence-electron chi connectivity index (χ3n) is 3.47. The number of anilines is 1. The summed E-state index contributed by atoms with van der Waals surface area (Å²) >= 11 is 0. The molecule has 0 bridgehead atoms. The molecule has 2 N–H and O–H groups in total. The lowest BCUT2D eigenvalue weighted by Crippen LogP contribution is -2.46. The van der Waals surface area contributed by atoms with E-state index in [9.17, 15) is 9.59 Å². The molecule has 1 fully saturated rings. The van der Waals surface area contributed by atoms with E-state index >= 15 is 0 Å². The maximum atomic E-state index is 12.2. The molecular formula is C14H15N3O4. The Hall–Kier alpha value is -2.59. The van der Waals surface area contributed by atoms with Gasteiger partial charge in [-0.3, -0.25) is 4.79 Å². The van der Waals surface area contributed by atoms with Gasteiger partial charge in [-0.25, -0.2) is 4.79 Å². The summed E-state index contributed by atoms with van der Waals surface area (Å²) < 4.78 is 5.14. The molecule has 1 aromatic carbocycles. The van der Waals surface area contributed by atoms with E-state index in [2.05, 4.69) is 5.32 Å². The molecule has 2 atom stereocenters. The number of amides is 2. The van der Waals surface area contributed by atoms with Crippen molar-refractivity contribution in [3.05, 3.63) is 29.8 Å². The Kier molecular flexibility index (Phi) is 4.40. The van der Waals surface area contributed by atoms with Crippen molar-refractivity contribution in [3.8, 4) is 6.07 Å². The molecule has 1 heterocycles. The van der Waals surface area contributed by atoms with Gasteiger partial charge in [0.2, 0.25) is 0 Å². The minimum absolute atomic E-state index is 0.0897. The number of urea groups is 1. The van der Waals surface area contributed by atoms with E-state index in [1.54, 1.807) is 24.3 Å². The third kappa shape index (κ3) is 3.12. The van der Waals surface area contributed by atoms with Crippen molar-refractivity contribution < 1.29 is 19.4 Å². The predicted molar refractivity (Wildman–Crippen MR) is 73.7 cm³/mol. The van der Waals surface area contributed by atoms with Gasteiger partial charge in [-0.2, -0.15) is 5.26 Å².